The summed E-state index contributed by atoms with van der Waals surface area (Å²) in [4.78, 5) is 30.8. The van der Waals surface area contributed by atoms with Crippen molar-refractivity contribution in [3.8, 4) is 34.6 Å². The lowest BCUT2D eigenvalue weighted by Crippen LogP contribution is -2.28. The summed E-state index contributed by atoms with van der Waals surface area (Å²) >= 11 is 4.36. The third-order valence-electron chi connectivity index (χ3n) is 8.43. The fraction of sp³-hybridized carbons (Fsp3) is 0.368. The molecule has 0 aliphatic rings. The van der Waals surface area contributed by atoms with Gasteiger partial charge in [-0.25, -0.2) is 0 Å². The van der Waals surface area contributed by atoms with Gasteiger partial charge in [0.2, 0.25) is 23.5 Å². The van der Waals surface area contributed by atoms with Crippen LogP contribution in [0, 0.1) is 21.0 Å². The van der Waals surface area contributed by atoms with Crippen LogP contribution >= 0.6 is 45.2 Å². The molecule has 0 saturated heterocycles. The van der Waals surface area contributed by atoms with Crippen LogP contribution in [0.3, 0.4) is 0 Å². The minimum absolute atomic E-state index is 0.115. The van der Waals surface area contributed by atoms with Gasteiger partial charge in [0.25, 0.3) is 0 Å². The highest BCUT2D eigenvalue weighted by molar-refractivity contribution is 14.1. The van der Waals surface area contributed by atoms with Crippen molar-refractivity contribution in [2.24, 2.45) is 0 Å². The lowest BCUT2D eigenvalue weighted by molar-refractivity contribution is -0.139. The predicted octanol–water partition coefficient (Wildman–Crippen LogP) is 6.02. The van der Waals surface area contributed by atoms with Gasteiger partial charge in [0.15, 0.2) is 0 Å². The molecule has 0 radical (unpaired) electrons. The van der Waals surface area contributed by atoms with E-state index in [1.54, 1.807) is 7.11 Å². The molecule has 2 aromatic carbocycles. The van der Waals surface area contributed by atoms with Crippen LogP contribution in [0.1, 0.15) is 52.6 Å². The number of aromatic nitrogens is 2. The predicted molar refractivity (Wildman–Crippen MR) is 216 cm³/mol. The van der Waals surface area contributed by atoms with Gasteiger partial charge in [0, 0.05) is 37.2 Å². The number of carbonyl (C=O) groups is 2. The summed E-state index contributed by atoms with van der Waals surface area (Å²) in [5.41, 5.74) is 7.94. The van der Waals surface area contributed by atoms with E-state index in [9.17, 15) is 14.7 Å². The summed E-state index contributed by atoms with van der Waals surface area (Å²) in [6, 6.07) is 16.1. The molecule has 53 heavy (non-hydrogen) atoms. The zero-order chi connectivity index (χ0) is 38.5. The van der Waals surface area contributed by atoms with Crippen LogP contribution in [0.4, 0.5) is 0 Å². The molecule has 4 aromatic rings. The molecule has 2 heterocycles. The number of nitrogens with zero attached hydrogens (tertiary/aromatic N) is 2. The molecule has 15 heteroatoms. The van der Waals surface area contributed by atoms with Gasteiger partial charge >= 0.3 is 11.9 Å². The Kier molecular flexibility index (Phi) is 16.3. The van der Waals surface area contributed by atoms with Gasteiger partial charge in [-0.3, -0.25) is 9.59 Å². The first kappa shape index (κ1) is 42.0. The van der Waals surface area contributed by atoms with Crippen molar-refractivity contribution in [2.45, 2.75) is 65.5 Å². The average Bonchev–Trinajstić information content (AvgIpc) is 3.11. The van der Waals surface area contributed by atoms with E-state index in [-0.39, 0.29) is 26.0 Å². The molecule has 0 unspecified atom stereocenters. The highest BCUT2D eigenvalue weighted by Crippen LogP contribution is 2.33. The number of ether oxygens (including phenoxy) is 4. The first-order valence-electron chi connectivity index (χ1n) is 16.8. The molecule has 0 amide bonds. The molecule has 1 atom stereocenters. The Morgan fingerprint density at radius 1 is 0.736 bits per heavy atom. The van der Waals surface area contributed by atoms with Crippen molar-refractivity contribution < 1.29 is 43.9 Å². The lowest BCUT2D eigenvalue weighted by Gasteiger charge is -2.18. The number of hydrogen-bond acceptors (Lipinski definition) is 11. The number of benzene rings is 2. The quantitative estimate of drug-likeness (QED) is 0.0484. The normalized spacial score (nSPS) is 11.6. The van der Waals surface area contributed by atoms with Gasteiger partial charge in [0.05, 0.1) is 33.9 Å². The molecular weight excluding hydrogens is 910 g/mol. The molecule has 0 bridgehead atoms. The summed E-state index contributed by atoms with van der Waals surface area (Å²) in [5, 5.41) is 33.9. The number of aliphatic carboxylic acids is 2. The van der Waals surface area contributed by atoms with E-state index in [4.69, 9.17) is 29.2 Å². The summed E-state index contributed by atoms with van der Waals surface area (Å²) in [7, 11) is 3.09. The van der Waals surface area contributed by atoms with Gasteiger partial charge in [0.1, 0.15) is 13.2 Å². The Labute approximate surface area is 336 Å². The number of aliphatic hydroxyl groups is 1. The Bertz CT molecular complexity index is 1890. The molecule has 4 rings (SSSR count). The highest BCUT2D eigenvalue weighted by Gasteiger charge is 2.17. The van der Waals surface area contributed by atoms with E-state index in [1.807, 2.05) is 36.4 Å². The number of rotatable bonds is 21. The molecule has 2 aromatic heterocycles. The van der Waals surface area contributed by atoms with Crippen LogP contribution < -0.4 is 29.6 Å². The van der Waals surface area contributed by atoms with Crippen molar-refractivity contribution in [3.05, 3.63) is 89.1 Å². The van der Waals surface area contributed by atoms with Crippen LogP contribution in [0.25, 0.3) is 11.1 Å². The third-order valence-corrected chi connectivity index (χ3v) is 9.97. The van der Waals surface area contributed by atoms with Gasteiger partial charge in [-0.1, -0.05) is 36.4 Å². The lowest BCUT2D eigenvalue weighted by atomic mass is 9.92. The number of aliphatic hydroxyl groups excluding tert-OH is 1. The van der Waals surface area contributed by atoms with E-state index in [2.05, 4.69) is 91.8 Å². The van der Waals surface area contributed by atoms with Crippen molar-refractivity contribution in [1.29, 1.82) is 0 Å². The van der Waals surface area contributed by atoms with Crippen LogP contribution in [0.15, 0.2) is 48.5 Å². The molecule has 13 nitrogen and oxygen atoms in total. The SMILES string of the molecule is COc1nc(OCc2cccc(-c3cccc(COc4nc(OC)c(CNC[C@@H](O)CC(=O)O)cc4I)c3C)c2C)c(I)cc1CNCCCC(=O)O. The topological polar surface area (TPSA) is 182 Å². The minimum atomic E-state index is -1.06. The summed E-state index contributed by atoms with van der Waals surface area (Å²) in [6.45, 7) is 6.26. The first-order chi connectivity index (χ1) is 25.4. The smallest absolute Gasteiger partial charge is 0.306 e. The fourth-order valence-electron chi connectivity index (χ4n) is 5.59. The second kappa shape index (κ2) is 20.6. The van der Waals surface area contributed by atoms with Crippen molar-refractivity contribution in [1.82, 2.24) is 20.6 Å². The van der Waals surface area contributed by atoms with E-state index >= 15 is 0 Å². The molecule has 0 aliphatic carbocycles. The number of halogens is 2. The highest BCUT2D eigenvalue weighted by atomic mass is 127. The van der Waals surface area contributed by atoms with E-state index in [0.717, 1.165) is 51.6 Å². The zero-order valence-electron chi connectivity index (χ0n) is 30.0. The summed E-state index contributed by atoms with van der Waals surface area (Å²) in [5.74, 6) is -0.146. The van der Waals surface area contributed by atoms with E-state index in [0.29, 0.717) is 56.2 Å². The standard InChI is InChI=1S/C38H44I2N4O9/c1-22-24(20-52-37-31(39)14-26(35(43-37)50-3)17-41-13-7-12-33(46)47)8-5-10-29(22)30-11-6-9-25(23(30)2)21-53-38-32(40)15-27(36(44-38)51-4)18-42-19-28(45)16-34(48)49/h5-6,8-11,14-15,28,41-42,45H,7,12-13,16-21H2,1-4H3,(H,46,47)(H,48,49)/t28-/m0/s1. The average molecular weight is 955 g/mol. The third kappa shape index (κ3) is 12.1. The van der Waals surface area contributed by atoms with Crippen molar-refractivity contribution in [2.75, 3.05) is 27.3 Å². The van der Waals surface area contributed by atoms with E-state index in [1.165, 1.54) is 7.11 Å². The number of hydrogen-bond donors (Lipinski definition) is 5. The maximum absolute atomic E-state index is 10.8. The maximum atomic E-state index is 10.8. The monoisotopic (exact) mass is 954 g/mol. The Morgan fingerprint density at radius 2 is 1.23 bits per heavy atom. The number of nitrogens with one attached hydrogen (secondary N) is 2. The van der Waals surface area contributed by atoms with Crippen LogP contribution in [0.2, 0.25) is 0 Å². The summed E-state index contributed by atoms with van der Waals surface area (Å²) in [6.07, 6.45) is -0.686. The van der Waals surface area contributed by atoms with Gasteiger partial charge in [-0.2, -0.15) is 9.97 Å². The number of carboxylic acids is 2. The first-order valence-corrected chi connectivity index (χ1v) is 19.0. The number of carboxylic acid groups (broad SMARTS) is 2. The molecular formula is C38H44I2N4O9. The molecule has 0 saturated carbocycles. The van der Waals surface area contributed by atoms with Crippen molar-refractivity contribution >= 4 is 57.1 Å². The minimum Gasteiger partial charge on any atom is -0.481 e. The zero-order valence-corrected chi connectivity index (χ0v) is 34.3. The Balaban J connectivity index is 1.43. The molecule has 284 valence electrons. The molecule has 0 spiro atoms. The van der Waals surface area contributed by atoms with Crippen LogP contribution in [-0.2, 0) is 35.9 Å². The van der Waals surface area contributed by atoms with Crippen molar-refractivity contribution in [3.63, 3.8) is 0 Å². The molecule has 0 fully saturated rings. The van der Waals surface area contributed by atoms with Gasteiger partial charge in [-0.15, -0.1) is 0 Å². The Morgan fingerprint density at radius 3 is 1.68 bits per heavy atom. The number of methoxy groups -OCH3 is 2. The second-order valence-electron chi connectivity index (χ2n) is 12.2. The fourth-order valence-corrected chi connectivity index (χ4v) is 6.89. The largest absolute Gasteiger partial charge is 0.481 e. The van der Waals surface area contributed by atoms with Crippen LogP contribution in [0.5, 0.6) is 23.5 Å². The Hall–Kier alpha value is -3.78. The maximum Gasteiger partial charge on any atom is 0.306 e. The summed E-state index contributed by atoms with van der Waals surface area (Å²) < 4.78 is 25.1. The van der Waals surface area contributed by atoms with E-state index < -0.39 is 18.0 Å². The second-order valence-corrected chi connectivity index (χ2v) is 14.5. The molecule has 5 N–H and O–H groups in total. The van der Waals surface area contributed by atoms with Gasteiger partial charge in [-0.05, 0) is 118 Å². The molecule has 0 aliphatic heterocycles. The number of pyridine rings is 2. The van der Waals surface area contributed by atoms with Gasteiger partial charge < -0.3 is 44.9 Å². The van der Waals surface area contributed by atoms with Crippen LogP contribution in [-0.4, -0.2) is 70.6 Å².